The summed E-state index contributed by atoms with van der Waals surface area (Å²) in [5.74, 6) is 0. The van der Waals surface area contributed by atoms with Gasteiger partial charge >= 0.3 is 0 Å². The van der Waals surface area contributed by atoms with E-state index in [-0.39, 0.29) is 6.71 Å². The first-order valence-electron chi connectivity index (χ1n) is 27.9. The van der Waals surface area contributed by atoms with Crippen molar-refractivity contribution < 1.29 is 8.83 Å². The number of rotatable bonds is 5. The lowest BCUT2D eigenvalue weighted by Gasteiger charge is -2.44. The largest absolute Gasteiger partial charge is 0.454 e. The van der Waals surface area contributed by atoms with E-state index >= 15 is 0 Å². The fourth-order valence-electron chi connectivity index (χ4n) is 14.2. The zero-order valence-electron chi connectivity index (χ0n) is 43.8. The summed E-state index contributed by atoms with van der Waals surface area (Å²) in [7, 11) is 0. The van der Waals surface area contributed by atoms with E-state index in [0.717, 1.165) is 100 Å². The van der Waals surface area contributed by atoms with Crippen LogP contribution in [0.4, 0.5) is 34.1 Å². The van der Waals surface area contributed by atoms with Gasteiger partial charge in [0.1, 0.15) is 11.2 Å². The summed E-state index contributed by atoms with van der Waals surface area (Å²) in [6.07, 6.45) is 0. The van der Waals surface area contributed by atoms with Crippen LogP contribution in [0.1, 0.15) is 0 Å². The summed E-state index contributed by atoms with van der Waals surface area (Å²) >= 11 is 3.81. The molecule has 17 aromatic rings. The van der Waals surface area contributed by atoms with Crippen LogP contribution in [0.5, 0.6) is 0 Å². The minimum absolute atomic E-state index is 0.201. The Kier molecular flexibility index (Phi) is 9.12. The van der Waals surface area contributed by atoms with Crippen LogP contribution in [0.25, 0.3) is 124 Å². The molecule has 0 radical (unpaired) electrons. The van der Waals surface area contributed by atoms with Crippen molar-refractivity contribution in [3.63, 3.8) is 0 Å². The molecule has 0 N–H and O–H groups in total. The molecule has 2 aliphatic rings. The van der Waals surface area contributed by atoms with Gasteiger partial charge in [-0.2, -0.15) is 0 Å². The molecule has 19 rings (SSSR count). The summed E-state index contributed by atoms with van der Waals surface area (Å²) in [6.45, 7) is -0.201. The first-order valence-corrected chi connectivity index (χ1v) is 29.6. The molecule has 8 heteroatoms. The van der Waals surface area contributed by atoms with Crippen LogP contribution in [-0.4, -0.2) is 11.3 Å². The lowest BCUT2D eigenvalue weighted by Crippen LogP contribution is -2.60. The van der Waals surface area contributed by atoms with E-state index in [0.29, 0.717) is 0 Å². The molecular weight excluding hydrogens is 1040 g/mol. The molecule has 0 saturated heterocycles. The topological polar surface area (TPSA) is 37.7 Å². The third kappa shape index (κ3) is 6.01. The van der Waals surface area contributed by atoms with E-state index in [1.807, 2.05) is 22.7 Å². The van der Waals surface area contributed by atoms with Crippen LogP contribution >= 0.6 is 22.7 Å². The second-order valence-electron chi connectivity index (χ2n) is 21.8. The highest BCUT2D eigenvalue weighted by molar-refractivity contribution is 7.34. The maximum Gasteiger partial charge on any atom is 0.264 e. The van der Waals surface area contributed by atoms with Gasteiger partial charge in [0.2, 0.25) is 0 Å². The van der Waals surface area contributed by atoms with Gasteiger partial charge in [-0.3, -0.25) is 0 Å². The number of aromatic nitrogens is 1. The van der Waals surface area contributed by atoms with Crippen molar-refractivity contribution in [3.8, 4) is 27.9 Å². The van der Waals surface area contributed by atoms with Crippen molar-refractivity contribution in [1.82, 2.24) is 4.57 Å². The monoisotopic (exact) mass is 1080 g/mol. The number of furan rings is 2. The molecule has 0 aliphatic carbocycles. The van der Waals surface area contributed by atoms with Crippen molar-refractivity contribution in [2.24, 2.45) is 0 Å². The molecule has 0 unspecified atom stereocenters. The summed E-state index contributed by atoms with van der Waals surface area (Å²) in [5, 5.41) is 10.4. The van der Waals surface area contributed by atoms with Crippen LogP contribution < -0.4 is 25.5 Å². The van der Waals surface area contributed by atoms with E-state index < -0.39 is 0 Å². The van der Waals surface area contributed by atoms with Gasteiger partial charge in [0.15, 0.2) is 11.2 Å². The molecule has 0 amide bonds. The summed E-state index contributed by atoms with van der Waals surface area (Å²) < 4.78 is 22.1. The smallest absolute Gasteiger partial charge is 0.264 e. The van der Waals surface area contributed by atoms with E-state index in [4.69, 9.17) is 8.83 Å². The Morgan fingerprint density at radius 1 is 0.341 bits per heavy atom. The summed E-state index contributed by atoms with van der Waals surface area (Å²) in [6, 6.07) is 93.6. The molecule has 0 fully saturated rings. The zero-order valence-corrected chi connectivity index (χ0v) is 45.4. The number of fused-ring (bicyclic) bond motifs is 19. The van der Waals surface area contributed by atoms with E-state index in [2.05, 4.69) is 269 Å². The van der Waals surface area contributed by atoms with Gasteiger partial charge in [-0.1, -0.05) is 182 Å². The predicted molar refractivity (Wildman–Crippen MR) is 349 cm³/mol. The number of nitrogens with zero attached hydrogens (tertiary/aromatic N) is 3. The number of benzene rings is 12. The highest BCUT2D eigenvalue weighted by Gasteiger charge is 2.48. The fraction of sp³-hybridized carbons (Fsp3) is 0. The molecule has 12 aromatic carbocycles. The predicted octanol–water partition coefficient (Wildman–Crippen LogP) is 19.6. The first-order chi connectivity index (χ1) is 40.7. The lowest BCUT2D eigenvalue weighted by molar-refractivity contribution is 0.669. The Balaban J connectivity index is 1.03. The Morgan fingerprint density at radius 2 is 0.854 bits per heavy atom. The highest BCUT2D eigenvalue weighted by Crippen LogP contribution is 2.58. The van der Waals surface area contributed by atoms with Crippen molar-refractivity contribution in [2.75, 3.05) is 9.80 Å². The second kappa shape index (κ2) is 16.7. The van der Waals surface area contributed by atoms with E-state index in [9.17, 15) is 0 Å². The average molecular weight is 1080 g/mol. The lowest BCUT2D eigenvalue weighted by atomic mass is 9.36. The van der Waals surface area contributed by atoms with Crippen LogP contribution in [0.3, 0.4) is 0 Å². The van der Waals surface area contributed by atoms with Crippen LogP contribution in [0.15, 0.2) is 264 Å². The van der Waals surface area contributed by atoms with Gasteiger partial charge in [-0.05, 0) is 94.8 Å². The van der Waals surface area contributed by atoms with Crippen LogP contribution in [-0.2, 0) is 0 Å². The van der Waals surface area contributed by atoms with Gasteiger partial charge in [-0.25, -0.2) is 0 Å². The average Bonchev–Trinajstić information content (AvgIpc) is 1.39. The Labute approximate surface area is 478 Å². The van der Waals surface area contributed by atoms with Crippen LogP contribution in [0, 0.1) is 0 Å². The molecule has 380 valence electrons. The van der Waals surface area contributed by atoms with Gasteiger partial charge in [0, 0.05) is 90.8 Å². The van der Waals surface area contributed by atoms with Gasteiger partial charge in [-0.15, -0.1) is 22.7 Å². The van der Waals surface area contributed by atoms with Crippen molar-refractivity contribution >= 4 is 175 Å². The Morgan fingerprint density at radius 3 is 1.48 bits per heavy atom. The Hall–Kier alpha value is -10.1. The molecule has 0 bridgehead atoms. The minimum atomic E-state index is -0.201. The second-order valence-corrected chi connectivity index (χ2v) is 23.9. The molecule has 5 aromatic heterocycles. The number of hydrogen-bond donors (Lipinski definition) is 0. The van der Waals surface area contributed by atoms with Gasteiger partial charge < -0.3 is 23.2 Å². The quantitative estimate of drug-likeness (QED) is 0.161. The zero-order chi connectivity index (χ0) is 53.3. The summed E-state index contributed by atoms with van der Waals surface area (Å²) in [4.78, 5) is 5.25. The standard InChI is InChI=1S/C74H42BN3O2S2/c1-3-19-43(20-4-1)46-36-38-53-50-25-9-15-31-62(50)79-71(53)67(46)77-60-40-35-45(76-58-29-13-7-23-48(58)49-24-8-14-30-59(49)76)41-57(60)75-66-61(77)42-56-52-27-11-17-33-64(52)81-73(56)70(66)78(69-55-28-12-18-34-65(55)82-74(69)75)68-47(44-21-5-2-6-22-44)37-39-54-51-26-10-16-32-63(51)80-72(54)68/h1-42H. The third-order valence-electron chi connectivity index (χ3n) is 17.6. The molecule has 5 nitrogen and oxygen atoms in total. The molecule has 0 spiro atoms. The number of anilines is 6. The molecule has 82 heavy (non-hydrogen) atoms. The molecule has 7 heterocycles. The summed E-state index contributed by atoms with van der Waals surface area (Å²) in [5.41, 5.74) is 20.3. The van der Waals surface area contributed by atoms with E-state index in [1.54, 1.807) is 0 Å². The highest BCUT2D eigenvalue weighted by atomic mass is 32.1. The van der Waals surface area contributed by atoms with Crippen molar-refractivity contribution in [3.05, 3.63) is 255 Å². The maximum atomic E-state index is 7.34. The van der Waals surface area contributed by atoms with Gasteiger partial charge in [0.25, 0.3) is 6.71 Å². The third-order valence-corrected chi connectivity index (χ3v) is 20.0. The SMILES string of the molecule is c1ccc(-c2ccc3c(oc4ccccc43)c2N2c3ccc(-n4c5ccccc5c5ccccc54)cc3B3c4sc5ccccc5c4N(c4c(-c5ccccc5)ccc5c4oc4ccccc45)c4c3c2cc2c4sc3ccccc32)cc1. The molecular formula is C74H42BN3O2S2. The fourth-order valence-corrected chi connectivity index (χ4v) is 16.7. The van der Waals surface area contributed by atoms with Crippen LogP contribution in [0.2, 0.25) is 0 Å². The van der Waals surface area contributed by atoms with Gasteiger partial charge in [0.05, 0.1) is 38.5 Å². The number of thiophene rings is 2. The van der Waals surface area contributed by atoms with E-state index in [1.165, 1.54) is 73.5 Å². The Bertz CT molecular complexity index is 5520. The molecule has 2 aliphatic heterocycles. The minimum Gasteiger partial charge on any atom is -0.454 e. The normalized spacial score (nSPS) is 13.0. The first kappa shape index (κ1) is 44.7. The van der Waals surface area contributed by atoms with Crippen molar-refractivity contribution in [2.45, 2.75) is 0 Å². The number of para-hydroxylation sites is 4. The molecule has 0 atom stereocenters. The molecule has 0 saturated carbocycles. The van der Waals surface area contributed by atoms with Crippen molar-refractivity contribution in [1.29, 1.82) is 0 Å². The number of hydrogen-bond acceptors (Lipinski definition) is 6. The maximum absolute atomic E-state index is 7.34.